The number of ether oxygens (including phenoxy) is 1. The molecular weight excluding hydrogens is 430 g/mol. The number of amides is 2. The first-order valence-corrected chi connectivity index (χ1v) is 9.25. The van der Waals surface area contributed by atoms with E-state index in [0.29, 0.717) is 5.75 Å². The number of nitrogens with one attached hydrogen (secondary N) is 2. The first kappa shape index (κ1) is 21.4. The van der Waals surface area contributed by atoms with Crippen LogP contribution in [0.2, 0.25) is 0 Å². The molecule has 2 aromatic rings. The SMILES string of the molecule is Cc1cc(OCC(=O)NNC(=O)c2ccccc2[N+](=O)[O-])c(C(C)C)cc1Br. The van der Waals surface area contributed by atoms with Crippen LogP contribution in [-0.2, 0) is 4.79 Å². The molecule has 0 heterocycles. The molecule has 0 saturated heterocycles. The highest BCUT2D eigenvalue weighted by Gasteiger charge is 2.19. The third-order valence-corrected chi connectivity index (χ3v) is 4.79. The molecule has 0 spiro atoms. The average Bonchev–Trinajstić information content (AvgIpc) is 2.66. The van der Waals surface area contributed by atoms with Crippen molar-refractivity contribution in [1.29, 1.82) is 0 Å². The number of nitro benzene ring substituents is 1. The maximum Gasteiger partial charge on any atom is 0.282 e. The second-order valence-corrected chi connectivity index (χ2v) is 7.21. The number of hydrogen-bond donors (Lipinski definition) is 2. The van der Waals surface area contributed by atoms with Crippen molar-refractivity contribution in [2.24, 2.45) is 0 Å². The lowest BCUT2D eigenvalue weighted by Crippen LogP contribution is -2.44. The van der Waals surface area contributed by atoms with Gasteiger partial charge in [0.2, 0.25) is 0 Å². The highest BCUT2D eigenvalue weighted by atomic mass is 79.9. The predicted octanol–water partition coefficient (Wildman–Crippen LogP) is 3.63. The van der Waals surface area contributed by atoms with Crippen molar-refractivity contribution < 1.29 is 19.2 Å². The topological polar surface area (TPSA) is 111 Å². The van der Waals surface area contributed by atoms with Crippen molar-refractivity contribution in [3.63, 3.8) is 0 Å². The van der Waals surface area contributed by atoms with Gasteiger partial charge in [0.25, 0.3) is 17.5 Å². The Morgan fingerprint density at radius 1 is 1.21 bits per heavy atom. The summed E-state index contributed by atoms with van der Waals surface area (Å²) in [6, 6.07) is 9.24. The molecule has 2 rings (SSSR count). The summed E-state index contributed by atoms with van der Waals surface area (Å²) in [6.07, 6.45) is 0. The van der Waals surface area contributed by atoms with Gasteiger partial charge in [-0.2, -0.15) is 0 Å². The Labute approximate surface area is 170 Å². The lowest BCUT2D eigenvalue weighted by atomic mass is 10.0. The number of hydrazine groups is 1. The largest absolute Gasteiger partial charge is 0.483 e. The van der Waals surface area contributed by atoms with Gasteiger partial charge in [-0.05, 0) is 42.2 Å². The van der Waals surface area contributed by atoms with Crippen molar-refractivity contribution in [2.75, 3.05) is 6.61 Å². The van der Waals surface area contributed by atoms with Gasteiger partial charge in [-0.25, -0.2) is 0 Å². The molecule has 8 nitrogen and oxygen atoms in total. The first-order valence-electron chi connectivity index (χ1n) is 8.46. The van der Waals surface area contributed by atoms with Crippen LogP contribution in [0.1, 0.15) is 41.3 Å². The predicted molar refractivity (Wildman–Crippen MR) is 107 cm³/mol. The molecule has 0 saturated carbocycles. The van der Waals surface area contributed by atoms with Gasteiger partial charge in [0, 0.05) is 10.5 Å². The molecule has 0 fully saturated rings. The van der Waals surface area contributed by atoms with E-state index in [1.807, 2.05) is 32.9 Å². The molecule has 2 amide bonds. The normalized spacial score (nSPS) is 10.5. The summed E-state index contributed by atoms with van der Waals surface area (Å²) in [5.74, 6) is -0.616. The molecular formula is C19H20BrN3O5. The van der Waals surface area contributed by atoms with Crippen LogP contribution in [0, 0.1) is 17.0 Å². The summed E-state index contributed by atoms with van der Waals surface area (Å²) in [6.45, 7) is 5.61. The molecule has 2 N–H and O–H groups in total. The van der Waals surface area contributed by atoms with Gasteiger partial charge in [0.05, 0.1) is 4.92 Å². The fourth-order valence-corrected chi connectivity index (χ4v) is 2.81. The lowest BCUT2D eigenvalue weighted by Gasteiger charge is -2.16. The van der Waals surface area contributed by atoms with E-state index in [1.165, 1.54) is 24.3 Å². The zero-order chi connectivity index (χ0) is 20.8. The summed E-state index contributed by atoms with van der Waals surface area (Å²) in [4.78, 5) is 34.4. The van der Waals surface area contributed by atoms with Gasteiger partial charge in [0.1, 0.15) is 11.3 Å². The molecule has 0 aliphatic carbocycles. The van der Waals surface area contributed by atoms with Crippen molar-refractivity contribution in [2.45, 2.75) is 26.7 Å². The average molecular weight is 450 g/mol. The number of para-hydroxylation sites is 1. The Bertz CT molecular complexity index is 914. The van der Waals surface area contributed by atoms with E-state index < -0.39 is 16.7 Å². The molecule has 0 unspecified atom stereocenters. The minimum absolute atomic E-state index is 0.153. The second-order valence-electron chi connectivity index (χ2n) is 6.36. The van der Waals surface area contributed by atoms with E-state index in [1.54, 1.807) is 0 Å². The minimum Gasteiger partial charge on any atom is -0.483 e. The van der Waals surface area contributed by atoms with Gasteiger partial charge in [0.15, 0.2) is 6.61 Å². The van der Waals surface area contributed by atoms with Crippen molar-refractivity contribution in [1.82, 2.24) is 10.9 Å². The Balaban J connectivity index is 1.98. The Morgan fingerprint density at radius 2 is 1.89 bits per heavy atom. The Morgan fingerprint density at radius 3 is 2.54 bits per heavy atom. The monoisotopic (exact) mass is 449 g/mol. The third kappa shape index (κ3) is 5.29. The molecule has 0 atom stereocenters. The molecule has 148 valence electrons. The van der Waals surface area contributed by atoms with Crippen LogP contribution >= 0.6 is 15.9 Å². The molecule has 9 heteroatoms. The van der Waals surface area contributed by atoms with Gasteiger partial charge < -0.3 is 4.74 Å². The fraction of sp³-hybridized carbons (Fsp3) is 0.263. The van der Waals surface area contributed by atoms with Gasteiger partial charge in [-0.1, -0.05) is 41.9 Å². The van der Waals surface area contributed by atoms with Crippen LogP contribution in [-0.4, -0.2) is 23.3 Å². The zero-order valence-corrected chi connectivity index (χ0v) is 17.2. The van der Waals surface area contributed by atoms with E-state index in [-0.39, 0.29) is 23.8 Å². The van der Waals surface area contributed by atoms with E-state index >= 15 is 0 Å². The summed E-state index contributed by atoms with van der Waals surface area (Å²) < 4.78 is 6.55. The molecule has 2 aromatic carbocycles. The summed E-state index contributed by atoms with van der Waals surface area (Å²) in [5.41, 5.74) is 5.75. The summed E-state index contributed by atoms with van der Waals surface area (Å²) >= 11 is 3.48. The number of carbonyl (C=O) groups is 2. The van der Waals surface area contributed by atoms with Crippen molar-refractivity contribution >= 4 is 33.4 Å². The number of nitrogens with zero attached hydrogens (tertiary/aromatic N) is 1. The number of rotatable bonds is 6. The zero-order valence-electron chi connectivity index (χ0n) is 15.6. The Hall–Kier alpha value is -2.94. The molecule has 0 aromatic heterocycles. The standard InChI is InChI=1S/C19H20BrN3O5/c1-11(2)14-9-15(20)12(3)8-17(14)28-10-18(24)21-22-19(25)13-6-4-5-7-16(13)23(26)27/h4-9,11H,10H2,1-3H3,(H,21,24)(H,22,25). The smallest absolute Gasteiger partial charge is 0.282 e. The maximum absolute atomic E-state index is 12.1. The number of carbonyl (C=O) groups excluding carboxylic acids is 2. The van der Waals surface area contributed by atoms with Crippen LogP contribution in [0.25, 0.3) is 0 Å². The van der Waals surface area contributed by atoms with Crippen LogP contribution in [0.4, 0.5) is 5.69 Å². The van der Waals surface area contributed by atoms with Crippen LogP contribution in [0.15, 0.2) is 40.9 Å². The van der Waals surface area contributed by atoms with E-state index in [2.05, 4.69) is 26.8 Å². The third-order valence-electron chi connectivity index (χ3n) is 3.93. The van der Waals surface area contributed by atoms with Gasteiger partial charge in [-0.15, -0.1) is 0 Å². The van der Waals surface area contributed by atoms with Gasteiger partial charge in [-0.3, -0.25) is 30.6 Å². The molecule has 0 radical (unpaired) electrons. The van der Waals surface area contributed by atoms with Crippen LogP contribution < -0.4 is 15.6 Å². The van der Waals surface area contributed by atoms with Crippen LogP contribution in [0.3, 0.4) is 0 Å². The number of hydrogen-bond acceptors (Lipinski definition) is 5. The number of benzene rings is 2. The molecule has 0 aliphatic rings. The highest BCUT2D eigenvalue weighted by Crippen LogP contribution is 2.32. The van der Waals surface area contributed by atoms with Crippen LogP contribution in [0.5, 0.6) is 5.75 Å². The molecule has 0 aliphatic heterocycles. The quantitative estimate of drug-likeness (QED) is 0.516. The molecule has 0 bridgehead atoms. The van der Waals surface area contributed by atoms with Gasteiger partial charge >= 0.3 is 0 Å². The lowest BCUT2D eigenvalue weighted by molar-refractivity contribution is -0.385. The number of halogens is 1. The van der Waals surface area contributed by atoms with E-state index in [0.717, 1.165) is 15.6 Å². The van der Waals surface area contributed by atoms with E-state index in [4.69, 9.17) is 4.74 Å². The Kier molecular flexibility index (Phi) is 7.11. The first-order chi connectivity index (χ1) is 13.2. The fourth-order valence-electron chi connectivity index (χ4n) is 2.44. The molecule has 28 heavy (non-hydrogen) atoms. The van der Waals surface area contributed by atoms with Crippen molar-refractivity contribution in [3.05, 3.63) is 67.7 Å². The second kappa shape index (κ2) is 9.32. The summed E-state index contributed by atoms with van der Waals surface area (Å²) in [7, 11) is 0. The number of aryl methyl sites for hydroxylation is 1. The maximum atomic E-state index is 12.1. The van der Waals surface area contributed by atoms with Crippen molar-refractivity contribution in [3.8, 4) is 5.75 Å². The summed E-state index contributed by atoms with van der Waals surface area (Å²) in [5, 5.41) is 11.0. The highest BCUT2D eigenvalue weighted by molar-refractivity contribution is 9.10. The number of nitro groups is 1. The minimum atomic E-state index is -0.789. The van der Waals surface area contributed by atoms with E-state index in [9.17, 15) is 19.7 Å².